The number of benzene rings is 6. The van der Waals surface area contributed by atoms with Crippen LogP contribution >= 0.6 is 0 Å². The molecule has 0 atom stereocenters. The van der Waals surface area contributed by atoms with Gasteiger partial charge in [0.1, 0.15) is 11.5 Å². The van der Waals surface area contributed by atoms with Crippen LogP contribution in [0.2, 0.25) is 0 Å². The standard InChI is InChI=1S/C39H30O2/c1-40-33-19-15-31(16-20-33)39(32-17-21-34(41-2)22-18-32)37-25-29(27-9-5-3-6-10-27)13-23-35(37)36-24-14-30(26-38(36)39)28-11-7-4-8-12-28/h3-26H,1-2H3. The molecule has 0 spiro atoms. The van der Waals surface area contributed by atoms with Crippen LogP contribution in [0.15, 0.2) is 146 Å². The summed E-state index contributed by atoms with van der Waals surface area (Å²) in [7, 11) is 3.43. The normalized spacial score (nSPS) is 12.8. The molecule has 198 valence electrons. The van der Waals surface area contributed by atoms with Crippen LogP contribution in [0.5, 0.6) is 11.5 Å². The highest BCUT2D eigenvalue weighted by Crippen LogP contribution is 2.57. The summed E-state index contributed by atoms with van der Waals surface area (Å²) in [5.41, 5.74) is 11.7. The van der Waals surface area contributed by atoms with Gasteiger partial charge in [0.15, 0.2) is 0 Å². The Balaban J connectivity index is 1.58. The Kier molecular flexibility index (Phi) is 6.17. The van der Waals surface area contributed by atoms with E-state index in [0.29, 0.717) is 0 Å². The van der Waals surface area contributed by atoms with E-state index in [0.717, 1.165) is 11.5 Å². The van der Waals surface area contributed by atoms with Crippen molar-refractivity contribution in [3.8, 4) is 44.9 Å². The predicted octanol–water partition coefficient (Wildman–Crippen LogP) is 9.40. The summed E-state index contributed by atoms with van der Waals surface area (Å²) in [4.78, 5) is 0. The van der Waals surface area contributed by atoms with Crippen molar-refractivity contribution in [1.82, 2.24) is 0 Å². The van der Waals surface area contributed by atoms with E-state index in [-0.39, 0.29) is 0 Å². The maximum atomic E-state index is 5.58. The first kappa shape index (κ1) is 24.9. The van der Waals surface area contributed by atoms with E-state index < -0.39 is 5.41 Å². The molecule has 6 aromatic carbocycles. The van der Waals surface area contributed by atoms with Crippen LogP contribution in [-0.2, 0) is 5.41 Å². The fourth-order valence-electron chi connectivity index (χ4n) is 6.41. The predicted molar refractivity (Wildman–Crippen MR) is 168 cm³/mol. The van der Waals surface area contributed by atoms with Gasteiger partial charge in [-0.25, -0.2) is 0 Å². The molecule has 7 rings (SSSR count). The summed E-state index contributed by atoms with van der Waals surface area (Å²) < 4.78 is 11.2. The van der Waals surface area contributed by atoms with E-state index in [1.807, 2.05) is 0 Å². The second kappa shape index (κ2) is 10.1. The van der Waals surface area contributed by atoms with Crippen molar-refractivity contribution < 1.29 is 9.47 Å². The van der Waals surface area contributed by atoms with E-state index in [9.17, 15) is 0 Å². The van der Waals surface area contributed by atoms with Crippen molar-refractivity contribution in [2.24, 2.45) is 0 Å². The van der Waals surface area contributed by atoms with Gasteiger partial charge in [-0.1, -0.05) is 109 Å². The SMILES string of the molecule is COc1ccc(C2(c3ccc(OC)cc3)c3cc(-c4ccccc4)ccc3-c3ccc(-c4ccccc4)cc32)cc1. The molecule has 0 bridgehead atoms. The molecule has 0 unspecified atom stereocenters. The lowest BCUT2D eigenvalue weighted by Gasteiger charge is -2.34. The number of fused-ring (bicyclic) bond motifs is 3. The summed E-state index contributed by atoms with van der Waals surface area (Å²) >= 11 is 0. The third kappa shape index (κ3) is 4.03. The van der Waals surface area contributed by atoms with Crippen molar-refractivity contribution in [3.05, 3.63) is 168 Å². The molecule has 0 saturated heterocycles. The van der Waals surface area contributed by atoms with Gasteiger partial charge >= 0.3 is 0 Å². The number of hydrogen-bond donors (Lipinski definition) is 0. The van der Waals surface area contributed by atoms with Gasteiger partial charge in [0, 0.05) is 0 Å². The molecule has 0 aromatic heterocycles. The number of methoxy groups -OCH3 is 2. The molecule has 0 radical (unpaired) electrons. The zero-order valence-corrected chi connectivity index (χ0v) is 23.2. The summed E-state index contributed by atoms with van der Waals surface area (Å²) in [6.45, 7) is 0. The van der Waals surface area contributed by atoms with Crippen LogP contribution in [0, 0.1) is 0 Å². The first-order valence-electron chi connectivity index (χ1n) is 13.9. The van der Waals surface area contributed by atoms with Crippen LogP contribution in [0.4, 0.5) is 0 Å². The highest BCUT2D eigenvalue weighted by molar-refractivity contribution is 5.90. The maximum Gasteiger partial charge on any atom is 0.118 e. The van der Waals surface area contributed by atoms with Gasteiger partial charge in [-0.15, -0.1) is 0 Å². The Labute approximate surface area is 241 Å². The van der Waals surface area contributed by atoms with Crippen molar-refractivity contribution in [3.63, 3.8) is 0 Å². The lowest BCUT2D eigenvalue weighted by molar-refractivity contribution is 0.414. The minimum Gasteiger partial charge on any atom is -0.497 e. The molecule has 6 aromatic rings. The fraction of sp³-hybridized carbons (Fsp3) is 0.0769. The van der Waals surface area contributed by atoms with Crippen molar-refractivity contribution in [1.29, 1.82) is 0 Å². The Bertz CT molecular complexity index is 1680. The summed E-state index contributed by atoms with van der Waals surface area (Å²) in [6.07, 6.45) is 0. The molecule has 0 aliphatic heterocycles. The third-order valence-corrected chi connectivity index (χ3v) is 8.40. The van der Waals surface area contributed by atoms with Crippen molar-refractivity contribution in [2.45, 2.75) is 5.41 Å². The van der Waals surface area contributed by atoms with Crippen LogP contribution in [0.1, 0.15) is 22.3 Å². The number of rotatable bonds is 6. The van der Waals surface area contributed by atoms with Gasteiger partial charge in [-0.3, -0.25) is 0 Å². The Morgan fingerprint density at radius 3 is 1.15 bits per heavy atom. The monoisotopic (exact) mass is 530 g/mol. The topological polar surface area (TPSA) is 18.5 Å². The number of hydrogen-bond acceptors (Lipinski definition) is 2. The molecular formula is C39H30O2. The van der Waals surface area contributed by atoms with Crippen molar-refractivity contribution >= 4 is 0 Å². The molecule has 0 heterocycles. The zero-order chi connectivity index (χ0) is 27.8. The second-order valence-electron chi connectivity index (χ2n) is 10.5. The van der Waals surface area contributed by atoms with Gasteiger partial charge < -0.3 is 9.47 Å². The first-order chi connectivity index (χ1) is 20.2. The lowest BCUT2D eigenvalue weighted by atomic mass is 9.67. The third-order valence-electron chi connectivity index (χ3n) is 8.40. The van der Waals surface area contributed by atoms with E-state index >= 15 is 0 Å². The summed E-state index contributed by atoms with van der Waals surface area (Å²) in [5.74, 6) is 1.68. The van der Waals surface area contributed by atoms with Crippen LogP contribution < -0.4 is 9.47 Å². The average Bonchev–Trinajstić information content (AvgIpc) is 3.35. The molecule has 0 N–H and O–H groups in total. The molecule has 41 heavy (non-hydrogen) atoms. The molecule has 0 saturated carbocycles. The largest absolute Gasteiger partial charge is 0.497 e. The average molecular weight is 531 g/mol. The van der Waals surface area contributed by atoms with Gasteiger partial charge in [0.05, 0.1) is 19.6 Å². The smallest absolute Gasteiger partial charge is 0.118 e. The van der Waals surface area contributed by atoms with E-state index in [2.05, 4.69) is 146 Å². The molecule has 0 amide bonds. The number of ether oxygens (including phenoxy) is 2. The minimum atomic E-state index is -0.543. The van der Waals surface area contributed by atoms with E-state index in [1.165, 1.54) is 55.6 Å². The van der Waals surface area contributed by atoms with E-state index in [1.54, 1.807) is 14.2 Å². The zero-order valence-electron chi connectivity index (χ0n) is 23.2. The minimum absolute atomic E-state index is 0.543. The first-order valence-corrected chi connectivity index (χ1v) is 13.9. The van der Waals surface area contributed by atoms with Gasteiger partial charge in [0.2, 0.25) is 0 Å². The summed E-state index contributed by atoms with van der Waals surface area (Å²) in [5, 5.41) is 0. The van der Waals surface area contributed by atoms with Gasteiger partial charge in [0.25, 0.3) is 0 Å². The quantitative estimate of drug-likeness (QED) is 0.213. The lowest BCUT2D eigenvalue weighted by Crippen LogP contribution is -2.28. The Morgan fingerprint density at radius 2 is 0.780 bits per heavy atom. The van der Waals surface area contributed by atoms with Crippen LogP contribution in [0.3, 0.4) is 0 Å². The van der Waals surface area contributed by atoms with Crippen LogP contribution in [-0.4, -0.2) is 14.2 Å². The molecule has 1 aliphatic rings. The van der Waals surface area contributed by atoms with Crippen LogP contribution in [0.25, 0.3) is 33.4 Å². The molecular weight excluding hydrogens is 500 g/mol. The van der Waals surface area contributed by atoms with Crippen molar-refractivity contribution in [2.75, 3.05) is 14.2 Å². The molecule has 2 heteroatoms. The fourth-order valence-corrected chi connectivity index (χ4v) is 6.41. The summed E-state index contributed by atoms with van der Waals surface area (Å²) in [6, 6.07) is 52.3. The second-order valence-corrected chi connectivity index (χ2v) is 10.5. The molecule has 1 aliphatic carbocycles. The van der Waals surface area contributed by atoms with Gasteiger partial charge in [-0.2, -0.15) is 0 Å². The molecule has 2 nitrogen and oxygen atoms in total. The Morgan fingerprint density at radius 1 is 0.390 bits per heavy atom. The maximum absolute atomic E-state index is 5.58. The van der Waals surface area contributed by atoms with E-state index in [4.69, 9.17) is 9.47 Å². The highest BCUT2D eigenvalue weighted by Gasteiger charge is 2.46. The van der Waals surface area contributed by atoms with Gasteiger partial charge in [-0.05, 0) is 92.0 Å². The molecule has 0 fully saturated rings. The highest BCUT2D eigenvalue weighted by atomic mass is 16.5. The Hall–Kier alpha value is -5.08.